The van der Waals surface area contributed by atoms with Crippen LogP contribution in [0.4, 0.5) is 0 Å². The van der Waals surface area contributed by atoms with Crippen molar-refractivity contribution < 1.29 is 14.3 Å². The maximum Gasteiger partial charge on any atom is 0.253 e. The molecule has 32 heavy (non-hydrogen) atoms. The highest BCUT2D eigenvalue weighted by Crippen LogP contribution is 2.29. The molecule has 0 aliphatic carbocycles. The van der Waals surface area contributed by atoms with Gasteiger partial charge in [0.15, 0.2) is 0 Å². The van der Waals surface area contributed by atoms with E-state index in [0.29, 0.717) is 47.7 Å². The molecule has 0 saturated carbocycles. The summed E-state index contributed by atoms with van der Waals surface area (Å²) in [6, 6.07) is 6.99. The number of unbranched alkanes of at least 4 members (excludes halogenated alkanes) is 1. The molecular formula is C23H27Cl2N3O3S. The third-order valence-electron chi connectivity index (χ3n) is 4.96. The predicted octanol–water partition coefficient (Wildman–Crippen LogP) is 5.98. The van der Waals surface area contributed by atoms with Gasteiger partial charge in [0, 0.05) is 41.3 Å². The van der Waals surface area contributed by atoms with Gasteiger partial charge in [-0.05, 0) is 37.6 Å². The summed E-state index contributed by atoms with van der Waals surface area (Å²) in [5.74, 6) is 0.523. The quantitative estimate of drug-likeness (QED) is 0.332. The largest absolute Gasteiger partial charge is 0.486 e. The molecule has 0 atom stereocenters. The van der Waals surface area contributed by atoms with Gasteiger partial charge in [0.25, 0.3) is 5.91 Å². The fourth-order valence-corrected chi connectivity index (χ4v) is 4.49. The van der Waals surface area contributed by atoms with E-state index in [0.717, 1.165) is 34.9 Å². The number of carbonyl (C=O) groups is 1. The van der Waals surface area contributed by atoms with Crippen molar-refractivity contribution in [2.24, 2.45) is 0 Å². The predicted molar refractivity (Wildman–Crippen MR) is 130 cm³/mol. The molecule has 2 aromatic heterocycles. The normalized spacial score (nSPS) is 11.0. The van der Waals surface area contributed by atoms with Crippen LogP contribution in [0.15, 0.2) is 29.6 Å². The number of amides is 1. The molecule has 172 valence electrons. The van der Waals surface area contributed by atoms with Gasteiger partial charge < -0.3 is 19.4 Å². The summed E-state index contributed by atoms with van der Waals surface area (Å²) in [6.07, 6.45) is 1.99. The van der Waals surface area contributed by atoms with Crippen LogP contribution in [0.1, 0.15) is 40.8 Å². The first-order valence-electron chi connectivity index (χ1n) is 10.4. The molecule has 9 heteroatoms. The topological polar surface area (TPSA) is 65.4 Å². The second-order valence-electron chi connectivity index (χ2n) is 7.30. The molecule has 3 aromatic rings. The minimum Gasteiger partial charge on any atom is -0.486 e. The van der Waals surface area contributed by atoms with Crippen LogP contribution < -0.4 is 10.1 Å². The van der Waals surface area contributed by atoms with E-state index in [1.807, 2.05) is 18.4 Å². The average Bonchev–Trinajstić information content (AvgIpc) is 3.34. The average molecular weight is 496 g/mol. The Kier molecular flexibility index (Phi) is 8.99. The summed E-state index contributed by atoms with van der Waals surface area (Å²) in [5.41, 5.74) is 3.23. The highest BCUT2D eigenvalue weighted by Gasteiger charge is 2.20. The molecule has 0 fully saturated rings. The summed E-state index contributed by atoms with van der Waals surface area (Å²) < 4.78 is 13.2. The highest BCUT2D eigenvalue weighted by molar-refractivity contribution is 7.09. The van der Waals surface area contributed by atoms with Gasteiger partial charge in [-0.2, -0.15) is 0 Å². The maximum absolute atomic E-state index is 12.7. The molecule has 2 heterocycles. The van der Waals surface area contributed by atoms with Crippen LogP contribution in [0.3, 0.4) is 0 Å². The first kappa shape index (κ1) is 24.6. The zero-order valence-electron chi connectivity index (χ0n) is 18.4. The number of carbonyl (C=O) groups excluding carboxylic acids is 1. The van der Waals surface area contributed by atoms with Gasteiger partial charge >= 0.3 is 0 Å². The van der Waals surface area contributed by atoms with Crippen molar-refractivity contribution in [3.63, 3.8) is 0 Å². The Morgan fingerprint density at radius 2 is 1.97 bits per heavy atom. The number of ether oxygens (including phenoxy) is 2. The molecule has 1 N–H and O–H groups in total. The second kappa shape index (κ2) is 11.7. The van der Waals surface area contributed by atoms with Crippen molar-refractivity contribution in [2.75, 3.05) is 20.3 Å². The van der Waals surface area contributed by atoms with Crippen molar-refractivity contribution in [1.82, 2.24) is 14.9 Å². The summed E-state index contributed by atoms with van der Waals surface area (Å²) in [6.45, 7) is 6.18. The van der Waals surface area contributed by atoms with Crippen molar-refractivity contribution in [3.05, 3.63) is 56.0 Å². The molecule has 3 rings (SSSR count). The Bertz CT molecular complexity index is 1040. The standard InChI is InChI=1S/C23H27Cl2N3O3S/c1-4-5-6-26-23(29)19-12-21(28(15(19)2)7-8-30-3)20-14-32-22(27-20)13-31-18-10-16(24)9-17(25)11-18/h9-12,14H,4-8,13H2,1-3H3,(H,26,29). The summed E-state index contributed by atoms with van der Waals surface area (Å²) in [7, 11) is 1.66. The number of nitrogens with zero attached hydrogens (tertiary/aromatic N) is 2. The molecule has 6 nitrogen and oxygen atoms in total. The number of hydrogen-bond acceptors (Lipinski definition) is 5. The Balaban J connectivity index is 1.80. The molecule has 0 aliphatic rings. The van der Waals surface area contributed by atoms with Crippen LogP contribution in [0, 0.1) is 6.92 Å². The zero-order chi connectivity index (χ0) is 23.1. The van der Waals surface area contributed by atoms with Gasteiger partial charge in [-0.15, -0.1) is 11.3 Å². The SMILES string of the molecule is CCCCNC(=O)c1cc(-c2csc(COc3cc(Cl)cc(Cl)c3)n2)n(CCOC)c1C. The van der Waals surface area contributed by atoms with Gasteiger partial charge in [-0.1, -0.05) is 36.5 Å². The fraction of sp³-hybridized carbons (Fsp3) is 0.391. The minimum absolute atomic E-state index is 0.0648. The first-order valence-corrected chi connectivity index (χ1v) is 12.1. The number of aromatic nitrogens is 2. The number of nitrogens with one attached hydrogen (secondary N) is 1. The Labute approximate surface area is 202 Å². The van der Waals surface area contributed by atoms with Crippen LogP contribution in [0.2, 0.25) is 10.0 Å². The molecule has 0 spiro atoms. The summed E-state index contributed by atoms with van der Waals surface area (Å²) >= 11 is 13.6. The van der Waals surface area contributed by atoms with E-state index in [-0.39, 0.29) is 5.91 Å². The number of rotatable bonds is 11. The molecule has 0 aliphatic heterocycles. The number of benzene rings is 1. The number of halogens is 2. The number of hydrogen-bond donors (Lipinski definition) is 1. The summed E-state index contributed by atoms with van der Waals surface area (Å²) in [4.78, 5) is 17.4. The van der Waals surface area contributed by atoms with Crippen LogP contribution in [-0.2, 0) is 17.9 Å². The Morgan fingerprint density at radius 3 is 2.66 bits per heavy atom. The van der Waals surface area contributed by atoms with E-state index in [1.165, 1.54) is 11.3 Å². The Hall–Kier alpha value is -2.06. The minimum atomic E-state index is -0.0648. The Morgan fingerprint density at radius 1 is 1.22 bits per heavy atom. The van der Waals surface area contributed by atoms with Gasteiger partial charge in [0.1, 0.15) is 17.4 Å². The van der Waals surface area contributed by atoms with Crippen LogP contribution in [-0.4, -0.2) is 35.7 Å². The highest BCUT2D eigenvalue weighted by atomic mass is 35.5. The van der Waals surface area contributed by atoms with E-state index < -0.39 is 0 Å². The van der Waals surface area contributed by atoms with Gasteiger partial charge in [-0.25, -0.2) is 4.98 Å². The molecule has 1 amide bonds. The van der Waals surface area contributed by atoms with Gasteiger partial charge in [-0.3, -0.25) is 4.79 Å². The first-order chi connectivity index (χ1) is 15.4. The maximum atomic E-state index is 12.7. The van der Waals surface area contributed by atoms with Crippen LogP contribution in [0.5, 0.6) is 5.75 Å². The third kappa shape index (κ3) is 6.25. The monoisotopic (exact) mass is 495 g/mol. The smallest absolute Gasteiger partial charge is 0.253 e. The summed E-state index contributed by atoms with van der Waals surface area (Å²) in [5, 5.41) is 6.81. The van der Waals surface area contributed by atoms with E-state index in [9.17, 15) is 4.79 Å². The fourth-order valence-electron chi connectivity index (χ4n) is 3.28. The van der Waals surface area contributed by atoms with Gasteiger partial charge in [0.05, 0.1) is 23.6 Å². The zero-order valence-corrected chi connectivity index (χ0v) is 20.7. The van der Waals surface area contributed by atoms with Crippen LogP contribution >= 0.6 is 34.5 Å². The van der Waals surface area contributed by atoms with E-state index >= 15 is 0 Å². The molecular weight excluding hydrogens is 469 g/mol. The number of methoxy groups -OCH3 is 1. The van der Waals surface area contributed by atoms with Crippen LogP contribution in [0.25, 0.3) is 11.4 Å². The lowest BCUT2D eigenvalue weighted by Crippen LogP contribution is -2.24. The van der Waals surface area contributed by atoms with Gasteiger partial charge in [0.2, 0.25) is 0 Å². The van der Waals surface area contributed by atoms with Crippen molar-refractivity contribution in [3.8, 4) is 17.1 Å². The lowest BCUT2D eigenvalue weighted by molar-refractivity contribution is 0.0952. The van der Waals surface area contributed by atoms with Crippen molar-refractivity contribution in [1.29, 1.82) is 0 Å². The lowest BCUT2D eigenvalue weighted by atomic mass is 10.2. The third-order valence-corrected chi connectivity index (χ3v) is 6.22. The molecule has 0 unspecified atom stereocenters. The number of thiazole rings is 1. The molecule has 0 saturated heterocycles. The van der Waals surface area contributed by atoms with E-state index in [2.05, 4.69) is 16.8 Å². The molecule has 0 bridgehead atoms. The van der Waals surface area contributed by atoms with Crippen molar-refractivity contribution in [2.45, 2.75) is 39.8 Å². The van der Waals surface area contributed by atoms with E-state index in [1.54, 1.807) is 25.3 Å². The molecule has 1 aromatic carbocycles. The lowest BCUT2D eigenvalue weighted by Gasteiger charge is -2.10. The van der Waals surface area contributed by atoms with E-state index in [4.69, 9.17) is 37.7 Å². The molecule has 0 radical (unpaired) electrons. The van der Waals surface area contributed by atoms with Crippen molar-refractivity contribution >= 4 is 40.4 Å². The second-order valence-corrected chi connectivity index (χ2v) is 9.12.